The lowest BCUT2D eigenvalue weighted by atomic mass is 10.1. The maximum atomic E-state index is 12.7. The Morgan fingerprint density at radius 2 is 1.81 bits per heavy atom. The Balaban J connectivity index is 1.43. The molecule has 9 heteroatoms. The van der Waals surface area contributed by atoms with E-state index in [1.165, 1.54) is 19.1 Å². The molecule has 9 nitrogen and oxygen atoms in total. The van der Waals surface area contributed by atoms with E-state index in [-0.39, 0.29) is 37.0 Å². The highest BCUT2D eigenvalue weighted by Crippen LogP contribution is 2.31. The second-order valence-electron chi connectivity index (χ2n) is 7.57. The molecule has 0 saturated carbocycles. The summed E-state index contributed by atoms with van der Waals surface area (Å²) in [5, 5.41) is 2.77. The Morgan fingerprint density at radius 1 is 1.06 bits per heavy atom. The third-order valence-electron chi connectivity index (χ3n) is 5.60. The molecular weight excluding hydrogens is 414 g/mol. The molecule has 0 radical (unpaired) electrons. The van der Waals surface area contributed by atoms with E-state index in [0.717, 1.165) is 6.42 Å². The number of urea groups is 1. The summed E-state index contributed by atoms with van der Waals surface area (Å²) >= 11 is 0. The first-order valence-corrected chi connectivity index (χ1v) is 10.4. The number of rotatable bonds is 8. The van der Waals surface area contributed by atoms with Gasteiger partial charge in [-0.05, 0) is 43.2 Å². The molecule has 2 heterocycles. The van der Waals surface area contributed by atoms with Gasteiger partial charge >= 0.3 is 6.03 Å². The molecule has 0 aromatic heterocycles. The van der Waals surface area contributed by atoms with Crippen LogP contribution in [0.1, 0.15) is 18.4 Å². The van der Waals surface area contributed by atoms with Crippen LogP contribution in [-0.2, 0) is 16.1 Å². The number of para-hydroxylation sites is 2. The van der Waals surface area contributed by atoms with Gasteiger partial charge in [0.05, 0.1) is 20.8 Å². The smallest absolute Gasteiger partial charge is 0.327 e. The van der Waals surface area contributed by atoms with Crippen molar-refractivity contribution >= 4 is 23.5 Å². The highest BCUT2D eigenvalue weighted by molar-refractivity contribution is 6.04. The van der Waals surface area contributed by atoms with E-state index < -0.39 is 0 Å². The van der Waals surface area contributed by atoms with E-state index in [4.69, 9.17) is 14.2 Å². The Morgan fingerprint density at radius 3 is 2.53 bits per heavy atom. The van der Waals surface area contributed by atoms with Gasteiger partial charge in [0.2, 0.25) is 0 Å². The third kappa shape index (κ3) is 4.18. The molecule has 2 fully saturated rings. The van der Waals surface area contributed by atoms with Gasteiger partial charge in [-0.15, -0.1) is 0 Å². The van der Waals surface area contributed by atoms with E-state index in [2.05, 4.69) is 5.32 Å². The van der Waals surface area contributed by atoms with Gasteiger partial charge in [0.25, 0.3) is 11.8 Å². The van der Waals surface area contributed by atoms with Gasteiger partial charge < -0.3 is 24.4 Å². The summed E-state index contributed by atoms with van der Waals surface area (Å²) in [4.78, 5) is 40.6. The quantitative estimate of drug-likeness (QED) is 0.635. The molecule has 2 aliphatic rings. The zero-order valence-corrected chi connectivity index (χ0v) is 18.0. The van der Waals surface area contributed by atoms with Crippen molar-refractivity contribution in [3.8, 4) is 17.2 Å². The lowest BCUT2D eigenvalue weighted by molar-refractivity contribution is -0.128. The number of methoxy groups -OCH3 is 2. The fourth-order valence-corrected chi connectivity index (χ4v) is 4.06. The number of hydrogen-bond donors (Lipinski definition) is 1. The van der Waals surface area contributed by atoms with Crippen molar-refractivity contribution in [3.63, 3.8) is 0 Å². The van der Waals surface area contributed by atoms with Crippen LogP contribution in [0, 0.1) is 0 Å². The minimum absolute atomic E-state index is 0.0786. The van der Waals surface area contributed by atoms with Crippen molar-refractivity contribution in [1.82, 2.24) is 9.80 Å². The summed E-state index contributed by atoms with van der Waals surface area (Å²) in [6.07, 6.45) is 1.54. The number of imide groups is 1. The van der Waals surface area contributed by atoms with Crippen LogP contribution in [0.15, 0.2) is 42.5 Å². The van der Waals surface area contributed by atoms with Crippen molar-refractivity contribution in [1.29, 1.82) is 0 Å². The molecule has 32 heavy (non-hydrogen) atoms. The molecule has 0 spiro atoms. The lowest BCUT2D eigenvalue weighted by Crippen LogP contribution is -2.32. The van der Waals surface area contributed by atoms with Crippen molar-refractivity contribution in [2.45, 2.75) is 25.4 Å². The summed E-state index contributed by atoms with van der Waals surface area (Å²) in [5.74, 6) is 0.982. The second-order valence-corrected chi connectivity index (χ2v) is 7.57. The van der Waals surface area contributed by atoms with Crippen LogP contribution in [0.4, 0.5) is 10.5 Å². The van der Waals surface area contributed by atoms with Crippen molar-refractivity contribution in [3.05, 3.63) is 48.0 Å². The second kappa shape index (κ2) is 9.17. The summed E-state index contributed by atoms with van der Waals surface area (Å²) in [5.41, 5.74) is 1.13. The van der Waals surface area contributed by atoms with Crippen LogP contribution in [-0.4, -0.2) is 61.1 Å². The minimum atomic E-state index is -0.360. The molecule has 2 aromatic carbocycles. The van der Waals surface area contributed by atoms with Gasteiger partial charge in [0, 0.05) is 17.8 Å². The van der Waals surface area contributed by atoms with Gasteiger partial charge in [-0.3, -0.25) is 14.5 Å². The number of carbonyl (C=O) groups is 3. The molecule has 2 saturated heterocycles. The molecular formula is C23H25N3O6. The van der Waals surface area contributed by atoms with Crippen molar-refractivity contribution < 1.29 is 28.6 Å². The van der Waals surface area contributed by atoms with Gasteiger partial charge in [-0.1, -0.05) is 12.1 Å². The predicted molar refractivity (Wildman–Crippen MR) is 116 cm³/mol. The highest BCUT2D eigenvalue weighted by Gasteiger charge is 2.47. The fourth-order valence-electron chi connectivity index (χ4n) is 4.06. The average Bonchev–Trinajstić information content (AvgIpc) is 3.38. The minimum Gasteiger partial charge on any atom is -0.496 e. The Labute approximate surface area is 185 Å². The van der Waals surface area contributed by atoms with Crippen LogP contribution < -0.4 is 19.5 Å². The zero-order valence-electron chi connectivity index (χ0n) is 18.0. The standard InChI is InChI=1S/C23H25N3O6/c1-30-18-10-9-16(24-21(27)14-32-20-8-4-3-7-19(20)31-2)12-15(18)13-26-22(28)17-6-5-11-25(17)23(26)29/h3-4,7-10,12,17H,5-6,11,13-14H2,1-2H3,(H,24,27). The van der Waals surface area contributed by atoms with Gasteiger partial charge in [-0.25, -0.2) is 4.79 Å². The number of hydrogen-bond acceptors (Lipinski definition) is 6. The van der Waals surface area contributed by atoms with Crippen LogP contribution in [0.5, 0.6) is 17.2 Å². The first-order valence-electron chi connectivity index (χ1n) is 10.4. The molecule has 1 unspecified atom stereocenters. The molecule has 1 N–H and O–H groups in total. The lowest BCUT2D eigenvalue weighted by Gasteiger charge is -2.18. The van der Waals surface area contributed by atoms with Crippen molar-refractivity contribution in [2.24, 2.45) is 0 Å². The Kier molecular flexibility index (Phi) is 6.16. The summed E-state index contributed by atoms with van der Waals surface area (Å²) in [6.45, 7) is 0.474. The molecule has 0 aliphatic carbocycles. The molecule has 4 rings (SSSR count). The summed E-state index contributed by atoms with van der Waals surface area (Å²) < 4.78 is 16.2. The Bertz CT molecular complexity index is 1020. The first kappa shape index (κ1) is 21.5. The third-order valence-corrected chi connectivity index (χ3v) is 5.60. The van der Waals surface area contributed by atoms with Gasteiger partial charge in [-0.2, -0.15) is 0 Å². The van der Waals surface area contributed by atoms with Crippen LogP contribution >= 0.6 is 0 Å². The Hall–Kier alpha value is -3.75. The number of ether oxygens (including phenoxy) is 3. The number of anilines is 1. The monoisotopic (exact) mass is 439 g/mol. The van der Waals surface area contributed by atoms with Crippen LogP contribution in [0.3, 0.4) is 0 Å². The van der Waals surface area contributed by atoms with E-state index in [1.807, 2.05) is 6.07 Å². The molecule has 168 valence electrons. The molecule has 0 bridgehead atoms. The zero-order chi connectivity index (χ0) is 22.7. The number of amides is 4. The number of nitrogens with zero attached hydrogens (tertiary/aromatic N) is 2. The summed E-state index contributed by atoms with van der Waals surface area (Å²) in [7, 11) is 3.05. The van der Waals surface area contributed by atoms with E-state index in [9.17, 15) is 14.4 Å². The number of fused-ring (bicyclic) bond motifs is 1. The topological polar surface area (TPSA) is 97.4 Å². The fraction of sp³-hybridized carbons (Fsp3) is 0.348. The molecule has 4 amide bonds. The number of carbonyl (C=O) groups excluding carboxylic acids is 3. The van der Waals surface area contributed by atoms with E-state index in [0.29, 0.717) is 41.5 Å². The molecule has 1 atom stereocenters. The van der Waals surface area contributed by atoms with Crippen LogP contribution in [0.2, 0.25) is 0 Å². The highest BCUT2D eigenvalue weighted by atomic mass is 16.5. The van der Waals surface area contributed by atoms with Crippen molar-refractivity contribution in [2.75, 3.05) is 32.7 Å². The average molecular weight is 439 g/mol. The van der Waals surface area contributed by atoms with E-state index >= 15 is 0 Å². The van der Waals surface area contributed by atoms with Gasteiger partial charge in [0.1, 0.15) is 11.8 Å². The molecule has 2 aromatic rings. The van der Waals surface area contributed by atoms with Gasteiger partial charge in [0.15, 0.2) is 18.1 Å². The normalized spacial score (nSPS) is 17.4. The van der Waals surface area contributed by atoms with Crippen LogP contribution in [0.25, 0.3) is 0 Å². The largest absolute Gasteiger partial charge is 0.496 e. The number of benzene rings is 2. The maximum absolute atomic E-state index is 12.7. The summed E-state index contributed by atoms with van der Waals surface area (Å²) in [6, 6.07) is 11.5. The number of nitrogens with one attached hydrogen (secondary N) is 1. The predicted octanol–water partition coefficient (Wildman–Crippen LogP) is 2.65. The van der Waals surface area contributed by atoms with E-state index in [1.54, 1.807) is 41.3 Å². The molecule has 2 aliphatic heterocycles. The maximum Gasteiger partial charge on any atom is 0.327 e. The SMILES string of the molecule is COc1ccc(NC(=O)COc2ccccc2OC)cc1CN1C(=O)C2CCCN2C1=O. The first-order chi connectivity index (χ1) is 15.5.